The number of imidazole rings is 1. The summed E-state index contributed by atoms with van der Waals surface area (Å²) in [5.41, 5.74) is 7.18. The van der Waals surface area contributed by atoms with Gasteiger partial charge in [0.1, 0.15) is 5.65 Å². The van der Waals surface area contributed by atoms with E-state index in [-0.39, 0.29) is 5.78 Å². The third-order valence-corrected chi connectivity index (χ3v) is 6.49. The fourth-order valence-corrected chi connectivity index (χ4v) is 4.59. The standard InChI is InChI=1S/C25H28N4O/c1-3-27-11-13-28(14-12-27)21-8-6-20-16-22(24(30)9-7-19(20)15-21)23-17-29-10-4-5-18(2)25(29)26-23/h4-6,8,10,15-17H,3,7,9,11-14H2,1-2H3. The van der Waals surface area contributed by atoms with Crippen LogP contribution in [-0.4, -0.2) is 52.8 Å². The molecule has 1 aromatic carbocycles. The molecule has 3 heterocycles. The number of Topliss-reactive ketones (excluding diaryl/α,β-unsaturated/α-hetero) is 1. The van der Waals surface area contributed by atoms with Crippen molar-refractivity contribution >= 4 is 28.8 Å². The van der Waals surface area contributed by atoms with Crippen LogP contribution in [0.2, 0.25) is 0 Å². The molecule has 0 spiro atoms. The first-order valence-electron chi connectivity index (χ1n) is 10.9. The molecule has 0 saturated carbocycles. The van der Waals surface area contributed by atoms with E-state index in [0.717, 1.165) is 67.2 Å². The molecule has 154 valence electrons. The number of fused-ring (bicyclic) bond motifs is 2. The lowest BCUT2D eigenvalue weighted by atomic mass is 10.0. The van der Waals surface area contributed by atoms with Crippen molar-refractivity contribution in [1.29, 1.82) is 0 Å². The molecule has 5 heteroatoms. The summed E-state index contributed by atoms with van der Waals surface area (Å²) in [6, 6.07) is 10.7. The third kappa shape index (κ3) is 3.43. The molecule has 0 N–H and O–H groups in total. The van der Waals surface area contributed by atoms with Gasteiger partial charge in [0.15, 0.2) is 5.78 Å². The van der Waals surface area contributed by atoms with Crippen molar-refractivity contribution in [3.05, 3.63) is 65.1 Å². The molecule has 5 rings (SSSR count). The molecule has 1 aliphatic heterocycles. The number of aromatic nitrogens is 2. The average molecular weight is 401 g/mol. The Kier molecular flexibility index (Phi) is 4.91. The summed E-state index contributed by atoms with van der Waals surface area (Å²) in [6.07, 6.45) is 7.31. The number of hydrogen-bond acceptors (Lipinski definition) is 4. The van der Waals surface area contributed by atoms with Gasteiger partial charge in [-0.15, -0.1) is 0 Å². The number of piperazine rings is 1. The zero-order valence-corrected chi connectivity index (χ0v) is 17.8. The minimum absolute atomic E-state index is 0.172. The van der Waals surface area contributed by atoms with E-state index >= 15 is 0 Å². The summed E-state index contributed by atoms with van der Waals surface area (Å²) < 4.78 is 2.00. The second-order valence-electron chi connectivity index (χ2n) is 8.33. The highest BCUT2D eigenvalue weighted by Gasteiger charge is 2.22. The normalized spacial score (nSPS) is 17.7. The molecule has 0 unspecified atom stereocenters. The molecule has 1 fully saturated rings. The number of carbonyl (C=O) groups excluding carboxylic acids is 1. The van der Waals surface area contributed by atoms with Gasteiger partial charge in [0, 0.05) is 56.3 Å². The Morgan fingerprint density at radius 3 is 2.67 bits per heavy atom. The van der Waals surface area contributed by atoms with Crippen LogP contribution in [0.25, 0.3) is 17.3 Å². The number of nitrogens with zero attached hydrogens (tertiary/aromatic N) is 4. The maximum atomic E-state index is 13.0. The van der Waals surface area contributed by atoms with Crippen molar-refractivity contribution in [3.63, 3.8) is 0 Å². The van der Waals surface area contributed by atoms with Crippen LogP contribution in [0, 0.1) is 6.92 Å². The van der Waals surface area contributed by atoms with Crippen LogP contribution in [0.4, 0.5) is 5.69 Å². The van der Waals surface area contributed by atoms with E-state index in [1.807, 2.05) is 41.9 Å². The molecule has 2 aliphatic rings. The van der Waals surface area contributed by atoms with Gasteiger partial charge in [-0.25, -0.2) is 4.98 Å². The quantitative estimate of drug-likeness (QED) is 0.670. The predicted octanol–water partition coefficient (Wildman–Crippen LogP) is 3.84. The summed E-state index contributed by atoms with van der Waals surface area (Å²) in [7, 11) is 0. The number of benzene rings is 1. The Labute approximate surface area is 177 Å². The van der Waals surface area contributed by atoms with E-state index in [1.165, 1.54) is 11.3 Å². The lowest BCUT2D eigenvalue weighted by molar-refractivity contribution is -0.113. The van der Waals surface area contributed by atoms with Crippen molar-refractivity contribution in [2.24, 2.45) is 0 Å². The summed E-state index contributed by atoms with van der Waals surface area (Å²) in [5, 5.41) is 0. The zero-order valence-electron chi connectivity index (χ0n) is 17.8. The Morgan fingerprint density at radius 2 is 1.90 bits per heavy atom. The van der Waals surface area contributed by atoms with Crippen LogP contribution >= 0.6 is 0 Å². The van der Waals surface area contributed by atoms with Crippen molar-refractivity contribution in [1.82, 2.24) is 14.3 Å². The average Bonchev–Trinajstić information content (AvgIpc) is 3.14. The number of ketones is 1. The summed E-state index contributed by atoms with van der Waals surface area (Å²) >= 11 is 0. The van der Waals surface area contributed by atoms with Gasteiger partial charge in [-0.2, -0.15) is 0 Å². The molecular weight excluding hydrogens is 372 g/mol. The van der Waals surface area contributed by atoms with Crippen molar-refractivity contribution in [2.75, 3.05) is 37.6 Å². The van der Waals surface area contributed by atoms with E-state index in [0.29, 0.717) is 6.42 Å². The minimum Gasteiger partial charge on any atom is -0.369 e. The van der Waals surface area contributed by atoms with E-state index in [4.69, 9.17) is 4.98 Å². The van der Waals surface area contributed by atoms with Crippen LogP contribution in [0.3, 0.4) is 0 Å². The van der Waals surface area contributed by atoms with Gasteiger partial charge >= 0.3 is 0 Å². The fraction of sp³-hybridized carbons (Fsp3) is 0.360. The maximum absolute atomic E-state index is 13.0. The number of anilines is 1. The minimum atomic E-state index is 0.172. The van der Waals surface area contributed by atoms with E-state index in [2.05, 4.69) is 34.9 Å². The lowest BCUT2D eigenvalue weighted by Crippen LogP contribution is -2.46. The molecule has 0 bridgehead atoms. The van der Waals surface area contributed by atoms with Crippen LogP contribution < -0.4 is 4.90 Å². The second kappa shape index (κ2) is 7.73. The van der Waals surface area contributed by atoms with Gasteiger partial charge in [0.25, 0.3) is 0 Å². The highest BCUT2D eigenvalue weighted by molar-refractivity contribution is 6.25. The number of likely N-dealkylation sites (N-methyl/N-ethyl adjacent to an activating group) is 1. The number of carbonyl (C=O) groups is 1. The lowest BCUT2D eigenvalue weighted by Gasteiger charge is -2.35. The van der Waals surface area contributed by atoms with Gasteiger partial charge in [-0.05, 0) is 60.9 Å². The molecule has 0 atom stereocenters. The number of allylic oxidation sites excluding steroid dienone is 1. The SMILES string of the molecule is CCN1CCN(c2ccc3c(c2)CCC(=O)C(c2cn4cccc(C)c4n2)=C3)CC1. The highest BCUT2D eigenvalue weighted by atomic mass is 16.1. The Bertz CT molecular complexity index is 1140. The van der Waals surface area contributed by atoms with Gasteiger partial charge < -0.3 is 14.2 Å². The number of aryl methyl sites for hydroxylation is 2. The van der Waals surface area contributed by atoms with Crippen LogP contribution in [-0.2, 0) is 11.2 Å². The summed E-state index contributed by atoms with van der Waals surface area (Å²) in [4.78, 5) is 22.7. The van der Waals surface area contributed by atoms with Gasteiger partial charge in [0.05, 0.1) is 5.69 Å². The van der Waals surface area contributed by atoms with Crippen LogP contribution in [0.1, 0.15) is 35.7 Å². The van der Waals surface area contributed by atoms with Crippen LogP contribution in [0.15, 0.2) is 42.7 Å². The smallest absolute Gasteiger partial charge is 0.165 e. The topological polar surface area (TPSA) is 40.9 Å². The van der Waals surface area contributed by atoms with Crippen molar-refractivity contribution in [3.8, 4) is 0 Å². The Balaban J connectivity index is 1.47. The largest absolute Gasteiger partial charge is 0.369 e. The number of pyridine rings is 1. The molecule has 1 saturated heterocycles. The van der Waals surface area contributed by atoms with Crippen LogP contribution in [0.5, 0.6) is 0 Å². The van der Waals surface area contributed by atoms with Gasteiger partial charge in [-0.1, -0.05) is 19.1 Å². The first-order chi connectivity index (χ1) is 14.6. The molecule has 2 aromatic heterocycles. The molecule has 3 aromatic rings. The van der Waals surface area contributed by atoms with Gasteiger partial charge in [-0.3, -0.25) is 4.79 Å². The fourth-order valence-electron chi connectivity index (χ4n) is 4.59. The Morgan fingerprint density at radius 1 is 1.07 bits per heavy atom. The van der Waals surface area contributed by atoms with E-state index in [9.17, 15) is 4.79 Å². The number of rotatable bonds is 3. The molecule has 0 amide bonds. The summed E-state index contributed by atoms with van der Waals surface area (Å²) in [5.74, 6) is 0.172. The monoisotopic (exact) mass is 400 g/mol. The first kappa shape index (κ1) is 19.1. The molecular formula is C25H28N4O. The molecule has 1 aliphatic carbocycles. The van der Waals surface area contributed by atoms with Gasteiger partial charge in [0.2, 0.25) is 0 Å². The third-order valence-electron chi connectivity index (χ3n) is 6.49. The predicted molar refractivity (Wildman–Crippen MR) is 122 cm³/mol. The maximum Gasteiger partial charge on any atom is 0.165 e. The Hall–Kier alpha value is -2.92. The van der Waals surface area contributed by atoms with Crippen molar-refractivity contribution in [2.45, 2.75) is 26.7 Å². The zero-order chi connectivity index (χ0) is 20.7. The van der Waals surface area contributed by atoms with E-state index < -0.39 is 0 Å². The van der Waals surface area contributed by atoms with Crippen molar-refractivity contribution < 1.29 is 4.79 Å². The summed E-state index contributed by atoms with van der Waals surface area (Å²) in [6.45, 7) is 9.75. The second-order valence-corrected chi connectivity index (χ2v) is 8.33. The first-order valence-corrected chi connectivity index (χ1v) is 10.9. The molecule has 30 heavy (non-hydrogen) atoms. The van der Waals surface area contributed by atoms with E-state index in [1.54, 1.807) is 0 Å². The number of hydrogen-bond donors (Lipinski definition) is 0. The molecule has 0 radical (unpaired) electrons. The molecule has 5 nitrogen and oxygen atoms in total. The highest BCUT2D eigenvalue weighted by Crippen LogP contribution is 2.30.